The topological polar surface area (TPSA) is 69.7 Å². The molecule has 0 bridgehead atoms. The minimum absolute atomic E-state index is 0.236. The molecule has 0 spiro atoms. The number of piperidine rings is 1. The summed E-state index contributed by atoms with van der Waals surface area (Å²) in [6.45, 7) is 4.17. The van der Waals surface area contributed by atoms with Crippen molar-refractivity contribution in [1.82, 2.24) is 5.32 Å². The summed E-state index contributed by atoms with van der Waals surface area (Å²) >= 11 is 0. The molecule has 1 saturated heterocycles. The van der Waals surface area contributed by atoms with Gasteiger partial charge in [0.2, 0.25) is 18.2 Å². The Bertz CT molecular complexity index is 628. The molecule has 1 unspecified atom stereocenters. The molecular weight excluding hydrogens is 294 g/mol. The van der Waals surface area contributed by atoms with Crippen LogP contribution in [0.2, 0.25) is 0 Å². The van der Waals surface area contributed by atoms with Crippen molar-refractivity contribution in [2.24, 2.45) is 0 Å². The summed E-state index contributed by atoms with van der Waals surface area (Å²) in [4.78, 5) is 38.0. The number of nitrogens with one attached hydrogen (secondary N) is 1. The van der Waals surface area contributed by atoms with Gasteiger partial charge in [0, 0.05) is 20.5 Å². The Morgan fingerprint density at radius 1 is 1.22 bits per heavy atom. The summed E-state index contributed by atoms with van der Waals surface area (Å²) in [6, 6.07) is 5.48. The Morgan fingerprint density at radius 2 is 1.91 bits per heavy atom. The van der Waals surface area contributed by atoms with Crippen molar-refractivity contribution in [3.05, 3.63) is 23.8 Å². The summed E-state index contributed by atoms with van der Waals surface area (Å²) in [7, 11) is 3.50. The number of carbonyl (C=O) groups is 3. The van der Waals surface area contributed by atoms with Crippen molar-refractivity contribution in [3.63, 3.8) is 0 Å². The van der Waals surface area contributed by atoms with E-state index in [0.29, 0.717) is 18.8 Å². The van der Waals surface area contributed by atoms with Crippen LogP contribution in [-0.4, -0.2) is 38.4 Å². The van der Waals surface area contributed by atoms with E-state index in [2.05, 4.69) is 19.2 Å². The fraction of sp³-hybridized carbons (Fsp3) is 0.471. The first-order valence-electron chi connectivity index (χ1n) is 7.73. The van der Waals surface area contributed by atoms with Crippen LogP contribution in [0.25, 0.3) is 0 Å². The molecule has 23 heavy (non-hydrogen) atoms. The van der Waals surface area contributed by atoms with Gasteiger partial charge in [0.15, 0.2) is 0 Å². The molecule has 1 aromatic rings. The van der Waals surface area contributed by atoms with Gasteiger partial charge >= 0.3 is 0 Å². The molecule has 1 aliphatic rings. The summed E-state index contributed by atoms with van der Waals surface area (Å²) < 4.78 is 0. The third-order valence-corrected chi connectivity index (χ3v) is 4.26. The lowest BCUT2D eigenvalue weighted by molar-refractivity contribution is -0.134. The number of nitrogens with zero attached hydrogens (tertiary/aromatic N) is 2. The van der Waals surface area contributed by atoms with E-state index in [1.807, 2.05) is 30.1 Å². The van der Waals surface area contributed by atoms with E-state index in [4.69, 9.17) is 0 Å². The second-order valence-corrected chi connectivity index (χ2v) is 6.20. The molecule has 0 aromatic heterocycles. The minimum Gasteiger partial charge on any atom is -0.361 e. The average Bonchev–Trinajstić information content (AvgIpc) is 2.52. The second-order valence-electron chi connectivity index (χ2n) is 6.20. The zero-order valence-electron chi connectivity index (χ0n) is 14.0. The van der Waals surface area contributed by atoms with Gasteiger partial charge in [0.05, 0.1) is 11.4 Å². The van der Waals surface area contributed by atoms with Gasteiger partial charge in [0.25, 0.3) is 0 Å². The highest BCUT2D eigenvalue weighted by Crippen LogP contribution is 2.33. The Morgan fingerprint density at radius 3 is 2.48 bits per heavy atom. The molecule has 1 atom stereocenters. The monoisotopic (exact) mass is 317 g/mol. The third-order valence-electron chi connectivity index (χ3n) is 4.26. The molecule has 124 valence electrons. The maximum Gasteiger partial charge on any atom is 0.249 e. The normalized spacial score (nSPS) is 17.9. The second kappa shape index (κ2) is 6.81. The number of amides is 3. The van der Waals surface area contributed by atoms with E-state index in [1.54, 1.807) is 7.05 Å². The van der Waals surface area contributed by atoms with Crippen LogP contribution >= 0.6 is 0 Å². The third kappa shape index (κ3) is 3.52. The van der Waals surface area contributed by atoms with Crippen molar-refractivity contribution in [1.29, 1.82) is 0 Å². The molecule has 2 rings (SSSR count). The van der Waals surface area contributed by atoms with Crippen LogP contribution in [0.3, 0.4) is 0 Å². The molecule has 1 aromatic carbocycles. The summed E-state index contributed by atoms with van der Waals surface area (Å²) in [6.07, 6.45) is 1.54. The zero-order chi connectivity index (χ0) is 17.1. The Labute approximate surface area is 136 Å². The van der Waals surface area contributed by atoms with Gasteiger partial charge < -0.3 is 9.80 Å². The van der Waals surface area contributed by atoms with Crippen molar-refractivity contribution in [2.45, 2.75) is 38.6 Å². The fourth-order valence-corrected chi connectivity index (χ4v) is 2.76. The number of imide groups is 1. The molecule has 6 heteroatoms. The smallest absolute Gasteiger partial charge is 0.249 e. The zero-order valence-corrected chi connectivity index (χ0v) is 14.0. The molecule has 1 fully saturated rings. The maximum absolute atomic E-state index is 12.1. The molecular formula is C17H23N3O3. The predicted octanol–water partition coefficient (Wildman–Crippen LogP) is 1.64. The quantitative estimate of drug-likeness (QED) is 0.662. The van der Waals surface area contributed by atoms with Crippen LogP contribution in [0.1, 0.15) is 38.2 Å². The van der Waals surface area contributed by atoms with Crippen LogP contribution in [0.5, 0.6) is 0 Å². The highest BCUT2D eigenvalue weighted by atomic mass is 16.2. The highest BCUT2D eigenvalue weighted by molar-refractivity contribution is 6.02. The van der Waals surface area contributed by atoms with E-state index in [9.17, 15) is 14.4 Å². The molecule has 1 heterocycles. The number of benzene rings is 1. The van der Waals surface area contributed by atoms with E-state index in [1.165, 1.54) is 4.90 Å². The number of anilines is 2. The van der Waals surface area contributed by atoms with Gasteiger partial charge in [-0.15, -0.1) is 0 Å². The number of hydrogen-bond donors (Lipinski definition) is 1. The van der Waals surface area contributed by atoms with Gasteiger partial charge in [-0.1, -0.05) is 19.9 Å². The van der Waals surface area contributed by atoms with Gasteiger partial charge in [0.1, 0.15) is 6.04 Å². The van der Waals surface area contributed by atoms with Crippen molar-refractivity contribution in [2.75, 3.05) is 23.9 Å². The van der Waals surface area contributed by atoms with Crippen LogP contribution in [0, 0.1) is 0 Å². The molecule has 1 N–H and O–H groups in total. The van der Waals surface area contributed by atoms with Gasteiger partial charge in [-0.2, -0.15) is 0 Å². The molecule has 3 amide bonds. The van der Waals surface area contributed by atoms with Crippen LogP contribution in [-0.2, 0) is 14.4 Å². The molecule has 0 aliphatic carbocycles. The van der Waals surface area contributed by atoms with E-state index >= 15 is 0 Å². The van der Waals surface area contributed by atoms with Crippen LogP contribution in [0.4, 0.5) is 11.4 Å². The molecule has 0 radical (unpaired) electrons. The number of likely N-dealkylation sites (N-methyl/N-ethyl adjacent to an activating group) is 1. The van der Waals surface area contributed by atoms with E-state index < -0.39 is 6.04 Å². The highest BCUT2D eigenvalue weighted by Gasteiger charge is 2.31. The maximum atomic E-state index is 12.1. The largest absolute Gasteiger partial charge is 0.361 e. The number of carbonyl (C=O) groups excluding carboxylic acids is 3. The van der Waals surface area contributed by atoms with Gasteiger partial charge in [-0.05, 0) is 30.0 Å². The average molecular weight is 317 g/mol. The first kappa shape index (κ1) is 17.0. The predicted molar refractivity (Wildman–Crippen MR) is 89.6 cm³/mol. The van der Waals surface area contributed by atoms with Crippen LogP contribution < -0.4 is 15.1 Å². The van der Waals surface area contributed by atoms with Crippen LogP contribution in [0.15, 0.2) is 18.2 Å². The van der Waals surface area contributed by atoms with Gasteiger partial charge in [-0.25, -0.2) is 0 Å². The number of hydrogen-bond acceptors (Lipinski definition) is 4. The van der Waals surface area contributed by atoms with Crippen molar-refractivity contribution < 1.29 is 14.4 Å². The lowest BCUT2D eigenvalue weighted by Gasteiger charge is -2.33. The molecule has 6 nitrogen and oxygen atoms in total. The Balaban J connectivity index is 2.39. The first-order chi connectivity index (χ1) is 10.8. The van der Waals surface area contributed by atoms with Crippen molar-refractivity contribution >= 4 is 29.6 Å². The summed E-state index contributed by atoms with van der Waals surface area (Å²) in [5.74, 6) is -0.194. The summed E-state index contributed by atoms with van der Waals surface area (Å²) in [5.41, 5.74) is 2.66. The molecule has 0 saturated carbocycles. The first-order valence-corrected chi connectivity index (χ1v) is 7.73. The van der Waals surface area contributed by atoms with E-state index in [0.717, 1.165) is 23.3 Å². The lowest BCUT2D eigenvalue weighted by atomic mass is 9.99. The van der Waals surface area contributed by atoms with E-state index in [-0.39, 0.29) is 11.8 Å². The molecule has 1 aliphatic heterocycles. The van der Waals surface area contributed by atoms with Crippen molar-refractivity contribution in [3.8, 4) is 0 Å². The fourth-order valence-electron chi connectivity index (χ4n) is 2.76. The number of rotatable bonds is 5. The van der Waals surface area contributed by atoms with Gasteiger partial charge in [-0.3, -0.25) is 19.7 Å². The minimum atomic E-state index is -0.420. The Kier molecular flexibility index (Phi) is 5.03. The SMILES string of the molecule is CC(C)c1ccc(N(C)C2CCC(=O)NC2=O)c(N(C)C=O)c1. The summed E-state index contributed by atoms with van der Waals surface area (Å²) in [5, 5.41) is 2.37. The standard InChI is InChI=1S/C17H23N3O3/c1-11(2)12-5-6-13(15(9-12)19(3)10-21)20(4)14-7-8-16(22)18-17(14)23/h5-6,9-11,14H,7-8H2,1-4H3,(H,18,22,23). The Hall–Kier alpha value is -2.37. The lowest BCUT2D eigenvalue weighted by Crippen LogP contribution is -2.51.